The summed E-state index contributed by atoms with van der Waals surface area (Å²) in [6.07, 6.45) is 2.97. The molecule has 0 unspecified atom stereocenters. The molecule has 0 saturated carbocycles. The third kappa shape index (κ3) is 0.743. The molecule has 2 heterocycles. The van der Waals surface area contributed by atoms with E-state index >= 15 is 0 Å². The smallest absolute Gasteiger partial charge is 0.0949 e. The van der Waals surface area contributed by atoms with Crippen LogP contribution in [0.5, 0.6) is 0 Å². The molecule has 0 aliphatic carbocycles. The molecule has 3 heteroatoms. The fourth-order valence-electron chi connectivity index (χ4n) is 1.35. The first-order chi connectivity index (χ1) is 4.88. The number of imidazole rings is 1. The van der Waals surface area contributed by atoms with Gasteiger partial charge >= 0.3 is 0 Å². The van der Waals surface area contributed by atoms with Gasteiger partial charge in [0.05, 0.1) is 17.7 Å². The Hall–Kier alpha value is -0.830. The maximum absolute atomic E-state index is 4.28. The Bertz CT molecular complexity index is 239. The Kier molecular flexibility index (Phi) is 1.24. The number of rotatable bonds is 0. The van der Waals surface area contributed by atoms with Gasteiger partial charge in [0.2, 0.25) is 0 Å². The van der Waals surface area contributed by atoms with E-state index in [0.29, 0.717) is 0 Å². The summed E-state index contributed by atoms with van der Waals surface area (Å²) >= 11 is 0. The first kappa shape index (κ1) is 5.92. The average molecular weight is 137 g/mol. The monoisotopic (exact) mass is 137 g/mol. The molecule has 0 atom stereocenters. The number of hydrogen-bond donors (Lipinski definition) is 1. The first-order valence-electron chi connectivity index (χ1n) is 3.58. The highest BCUT2D eigenvalue weighted by Crippen LogP contribution is 2.09. The van der Waals surface area contributed by atoms with Gasteiger partial charge in [0.15, 0.2) is 0 Å². The van der Waals surface area contributed by atoms with E-state index in [2.05, 4.69) is 14.9 Å². The zero-order chi connectivity index (χ0) is 6.97. The third-order valence-electron chi connectivity index (χ3n) is 1.98. The predicted octanol–water partition coefficient (Wildman–Crippen LogP) is 0.0658. The lowest BCUT2D eigenvalue weighted by atomic mass is 10.2. The average Bonchev–Trinajstić information content (AvgIpc) is 2.34. The minimum Gasteiger partial charge on any atom is -0.336 e. The summed E-state index contributed by atoms with van der Waals surface area (Å²) < 4.78 is 2.08. The Balaban J connectivity index is 2.45. The Labute approximate surface area is 60.1 Å². The van der Waals surface area contributed by atoms with Crippen LogP contribution >= 0.6 is 0 Å². The van der Waals surface area contributed by atoms with Crippen LogP contribution in [-0.4, -0.2) is 16.1 Å². The van der Waals surface area contributed by atoms with Gasteiger partial charge in [-0.25, -0.2) is 4.98 Å². The minimum atomic E-state index is 0.978. The summed E-state index contributed by atoms with van der Waals surface area (Å²) in [5, 5.41) is 3.31. The van der Waals surface area contributed by atoms with Crippen LogP contribution in [0, 0.1) is 0 Å². The maximum atomic E-state index is 4.28. The Morgan fingerprint density at radius 2 is 2.60 bits per heavy atom. The molecule has 1 aliphatic rings. The number of nitrogens with zero attached hydrogens (tertiary/aromatic N) is 2. The molecule has 0 fully saturated rings. The molecule has 1 aliphatic heterocycles. The molecule has 10 heavy (non-hydrogen) atoms. The van der Waals surface area contributed by atoms with Gasteiger partial charge in [-0.15, -0.1) is 0 Å². The molecule has 1 aromatic rings. The lowest BCUT2D eigenvalue weighted by molar-refractivity contribution is 0.606. The molecule has 0 aromatic carbocycles. The van der Waals surface area contributed by atoms with E-state index in [1.54, 1.807) is 0 Å². The van der Waals surface area contributed by atoms with Gasteiger partial charge in [-0.05, 0) is 0 Å². The summed E-state index contributed by atoms with van der Waals surface area (Å²) in [5.41, 5.74) is 2.60. The van der Waals surface area contributed by atoms with Gasteiger partial charge in [0.1, 0.15) is 0 Å². The summed E-state index contributed by atoms with van der Waals surface area (Å²) in [5.74, 6) is 0. The number of aryl methyl sites for hydroxylation is 1. The van der Waals surface area contributed by atoms with Crippen LogP contribution in [0.4, 0.5) is 0 Å². The molecular formula is C7H11N3. The summed E-state index contributed by atoms with van der Waals surface area (Å²) in [6.45, 7) is 2.05. The van der Waals surface area contributed by atoms with Crippen LogP contribution in [0.2, 0.25) is 0 Å². The number of nitrogens with one attached hydrogen (secondary N) is 1. The van der Waals surface area contributed by atoms with E-state index in [0.717, 1.165) is 19.5 Å². The lowest BCUT2D eigenvalue weighted by Gasteiger charge is -2.12. The first-order valence-corrected chi connectivity index (χ1v) is 3.58. The molecule has 3 nitrogen and oxygen atoms in total. The van der Waals surface area contributed by atoms with E-state index in [1.165, 1.54) is 11.4 Å². The van der Waals surface area contributed by atoms with Gasteiger partial charge in [0, 0.05) is 26.6 Å². The molecule has 54 valence electrons. The van der Waals surface area contributed by atoms with E-state index < -0.39 is 0 Å². The highest BCUT2D eigenvalue weighted by atomic mass is 15.1. The fourth-order valence-corrected chi connectivity index (χ4v) is 1.35. The third-order valence-corrected chi connectivity index (χ3v) is 1.98. The molecule has 2 rings (SSSR count). The summed E-state index contributed by atoms with van der Waals surface area (Å²) in [7, 11) is 2.04. The zero-order valence-electron chi connectivity index (χ0n) is 6.09. The number of fused-ring (bicyclic) bond motifs is 1. The van der Waals surface area contributed by atoms with E-state index in [1.807, 2.05) is 13.4 Å². The summed E-state index contributed by atoms with van der Waals surface area (Å²) in [6, 6.07) is 0. The molecule has 0 spiro atoms. The van der Waals surface area contributed by atoms with Crippen LogP contribution in [0.1, 0.15) is 11.4 Å². The Morgan fingerprint density at radius 1 is 1.70 bits per heavy atom. The predicted molar refractivity (Wildman–Crippen MR) is 38.6 cm³/mol. The van der Waals surface area contributed by atoms with Crippen molar-refractivity contribution in [1.82, 2.24) is 14.9 Å². The zero-order valence-corrected chi connectivity index (χ0v) is 6.09. The highest BCUT2D eigenvalue weighted by Gasteiger charge is 2.11. The SMILES string of the molecule is Cn1cnc2c1CNCC2. The molecule has 0 saturated heterocycles. The van der Waals surface area contributed by atoms with Gasteiger partial charge in [0.25, 0.3) is 0 Å². The van der Waals surface area contributed by atoms with Crippen molar-refractivity contribution in [3.8, 4) is 0 Å². The van der Waals surface area contributed by atoms with Crippen LogP contribution in [-0.2, 0) is 20.0 Å². The molecule has 1 aromatic heterocycles. The van der Waals surface area contributed by atoms with Gasteiger partial charge in [-0.1, -0.05) is 0 Å². The van der Waals surface area contributed by atoms with Crippen molar-refractivity contribution in [1.29, 1.82) is 0 Å². The van der Waals surface area contributed by atoms with Crippen molar-refractivity contribution in [3.05, 3.63) is 17.7 Å². The topological polar surface area (TPSA) is 29.9 Å². The summed E-state index contributed by atoms with van der Waals surface area (Å²) in [4.78, 5) is 4.28. The molecule has 0 radical (unpaired) electrons. The van der Waals surface area contributed by atoms with Crippen LogP contribution in [0.3, 0.4) is 0 Å². The minimum absolute atomic E-state index is 0.978. The van der Waals surface area contributed by atoms with Crippen LogP contribution < -0.4 is 5.32 Å². The quantitative estimate of drug-likeness (QED) is 0.548. The lowest BCUT2D eigenvalue weighted by Crippen LogP contribution is -2.24. The molecule has 1 N–H and O–H groups in total. The van der Waals surface area contributed by atoms with E-state index in [4.69, 9.17) is 0 Å². The van der Waals surface area contributed by atoms with Crippen LogP contribution in [0.15, 0.2) is 6.33 Å². The standard InChI is InChI=1S/C7H11N3/c1-10-5-9-6-2-3-8-4-7(6)10/h5,8H,2-4H2,1H3. The fraction of sp³-hybridized carbons (Fsp3) is 0.571. The van der Waals surface area contributed by atoms with Crippen molar-refractivity contribution in [2.75, 3.05) is 6.54 Å². The van der Waals surface area contributed by atoms with E-state index in [9.17, 15) is 0 Å². The molecule has 0 amide bonds. The van der Waals surface area contributed by atoms with Gasteiger partial charge < -0.3 is 9.88 Å². The molecule has 0 bridgehead atoms. The van der Waals surface area contributed by atoms with Gasteiger partial charge in [-0.3, -0.25) is 0 Å². The van der Waals surface area contributed by atoms with Crippen molar-refractivity contribution < 1.29 is 0 Å². The number of hydrogen-bond acceptors (Lipinski definition) is 2. The molecular weight excluding hydrogens is 126 g/mol. The van der Waals surface area contributed by atoms with Crippen LogP contribution in [0.25, 0.3) is 0 Å². The maximum Gasteiger partial charge on any atom is 0.0949 e. The number of aromatic nitrogens is 2. The highest BCUT2D eigenvalue weighted by molar-refractivity contribution is 5.15. The van der Waals surface area contributed by atoms with Crippen molar-refractivity contribution in [3.63, 3.8) is 0 Å². The second kappa shape index (κ2) is 2.09. The van der Waals surface area contributed by atoms with Crippen molar-refractivity contribution in [2.24, 2.45) is 7.05 Å². The van der Waals surface area contributed by atoms with Gasteiger partial charge in [-0.2, -0.15) is 0 Å². The second-order valence-corrected chi connectivity index (χ2v) is 2.68. The van der Waals surface area contributed by atoms with E-state index in [-0.39, 0.29) is 0 Å². The second-order valence-electron chi connectivity index (χ2n) is 2.68. The largest absolute Gasteiger partial charge is 0.336 e. The van der Waals surface area contributed by atoms with Crippen molar-refractivity contribution >= 4 is 0 Å². The Morgan fingerprint density at radius 3 is 3.40 bits per heavy atom. The normalized spacial score (nSPS) is 16.9. The van der Waals surface area contributed by atoms with Crippen molar-refractivity contribution in [2.45, 2.75) is 13.0 Å².